The van der Waals surface area contributed by atoms with E-state index in [1.165, 1.54) is 0 Å². The fourth-order valence-corrected chi connectivity index (χ4v) is 2.90. The van der Waals surface area contributed by atoms with Gasteiger partial charge >= 0.3 is 0 Å². The highest BCUT2D eigenvalue weighted by Crippen LogP contribution is 2.36. The van der Waals surface area contributed by atoms with E-state index in [4.69, 9.17) is 15.2 Å². The average molecular weight is 326 g/mol. The zero-order valence-electron chi connectivity index (χ0n) is 14.0. The minimum Gasteiger partial charge on any atom is -0.497 e. The number of anilines is 2. The molecule has 0 saturated heterocycles. The number of hydrogen-bond donors (Lipinski definition) is 1. The maximum absolute atomic E-state index is 12.8. The third-order valence-electron chi connectivity index (χ3n) is 4.11. The van der Waals surface area contributed by atoms with E-state index >= 15 is 0 Å². The molecule has 1 heterocycles. The number of amides is 1. The molecule has 1 aliphatic rings. The Morgan fingerprint density at radius 2 is 1.96 bits per heavy atom. The van der Waals surface area contributed by atoms with E-state index in [-0.39, 0.29) is 5.91 Å². The number of nitrogens with two attached hydrogens (primary N) is 1. The fraction of sp³-hybridized carbons (Fsp3) is 0.316. The second kappa shape index (κ2) is 6.83. The van der Waals surface area contributed by atoms with Crippen molar-refractivity contribution in [2.24, 2.45) is 0 Å². The van der Waals surface area contributed by atoms with E-state index in [2.05, 4.69) is 6.92 Å². The fourth-order valence-electron chi connectivity index (χ4n) is 2.90. The Labute approximate surface area is 142 Å². The van der Waals surface area contributed by atoms with Crippen molar-refractivity contribution in [3.63, 3.8) is 0 Å². The highest BCUT2D eigenvalue weighted by atomic mass is 16.5. The number of ether oxygens (including phenoxy) is 2. The number of carbonyl (C=O) groups is 1. The monoisotopic (exact) mass is 326 g/mol. The molecule has 0 aromatic heterocycles. The molecule has 2 aromatic carbocycles. The van der Waals surface area contributed by atoms with Crippen molar-refractivity contribution in [3.05, 3.63) is 48.0 Å². The maximum Gasteiger partial charge on any atom is 0.268 e. The Hall–Kier alpha value is -2.69. The number of nitrogens with zero attached hydrogens (tertiary/aromatic N) is 1. The Bertz CT molecular complexity index is 728. The molecule has 1 aliphatic heterocycles. The summed E-state index contributed by atoms with van der Waals surface area (Å²) >= 11 is 0. The molecule has 2 N–H and O–H groups in total. The quantitative estimate of drug-likeness (QED) is 0.858. The largest absolute Gasteiger partial charge is 0.497 e. The maximum atomic E-state index is 12.8. The van der Waals surface area contributed by atoms with E-state index in [9.17, 15) is 4.79 Å². The molecule has 5 nitrogen and oxygen atoms in total. The third-order valence-corrected chi connectivity index (χ3v) is 4.11. The summed E-state index contributed by atoms with van der Waals surface area (Å²) in [7, 11) is 1.63. The SMILES string of the molecule is CCCN1C(=O)C(Cc2ccc(OC)cc2)Oc2cc(N)ccc21. The molecule has 1 unspecified atom stereocenters. The number of rotatable bonds is 5. The zero-order chi connectivity index (χ0) is 17.1. The summed E-state index contributed by atoms with van der Waals surface area (Å²) in [6.45, 7) is 2.72. The first kappa shape index (κ1) is 16.2. The lowest BCUT2D eigenvalue weighted by atomic mass is 10.0. The van der Waals surface area contributed by atoms with Gasteiger partial charge in [0.05, 0.1) is 12.8 Å². The van der Waals surface area contributed by atoms with Crippen molar-refractivity contribution in [1.29, 1.82) is 0 Å². The van der Waals surface area contributed by atoms with Crippen molar-refractivity contribution < 1.29 is 14.3 Å². The number of methoxy groups -OCH3 is 1. The Morgan fingerprint density at radius 3 is 2.62 bits per heavy atom. The molecule has 1 atom stereocenters. The molecule has 0 bridgehead atoms. The highest BCUT2D eigenvalue weighted by Gasteiger charge is 2.34. The predicted molar refractivity (Wildman–Crippen MR) is 94.6 cm³/mol. The minimum absolute atomic E-state index is 0.00932. The third kappa shape index (κ3) is 3.15. The molecular formula is C19H22N2O3. The molecule has 0 aliphatic carbocycles. The summed E-state index contributed by atoms with van der Waals surface area (Å²) in [5, 5.41) is 0. The molecule has 126 valence electrons. The van der Waals surface area contributed by atoms with Crippen molar-refractivity contribution in [3.8, 4) is 11.5 Å². The van der Waals surface area contributed by atoms with Crippen LogP contribution in [0.5, 0.6) is 11.5 Å². The summed E-state index contributed by atoms with van der Waals surface area (Å²) in [6.07, 6.45) is 0.849. The van der Waals surface area contributed by atoms with Crippen LogP contribution < -0.4 is 20.1 Å². The van der Waals surface area contributed by atoms with Gasteiger partial charge in [-0.15, -0.1) is 0 Å². The minimum atomic E-state index is -0.542. The van der Waals surface area contributed by atoms with Gasteiger partial charge in [0.15, 0.2) is 6.10 Å². The van der Waals surface area contributed by atoms with E-state index in [1.807, 2.05) is 30.3 Å². The summed E-state index contributed by atoms with van der Waals surface area (Å²) in [6, 6.07) is 13.1. The van der Waals surface area contributed by atoms with Gasteiger partial charge in [-0.2, -0.15) is 0 Å². The Morgan fingerprint density at radius 1 is 1.21 bits per heavy atom. The summed E-state index contributed by atoms with van der Waals surface area (Å²) in [5.74, 6) is 1.45. The molecule has 3 rings (SSSR count). The summed E-state index contributed by atoms with van der Waals surface area (Å²) in [4.78, 5) is 14.6. The van der Waals surface area contributed by atoms with E-state index in [0.29, 0.717) is 24.4 Å². The van der Waals surface area contributed by atoms with E-state index < -0.39 is 6.10 Å². The number of benzene rings is 2. The van der Waals surface area contributed by atoms with Crippen LogP contribution in [0.3, 0.4) is 0 Å². The van der Waals surface area contributed by atoms with Gasteiger partial charge in [0.1, 0.15) is 11.5 Å². The van der Waals surface area contributed by atoms with Gasteiger partial charge in [-0.1, -0.05) is 19.1 Å². The number of fused-ring (bicyclic) bond motifs is 1. The topological polar surface area (TPSA) is 64.8 Å². The second-order valence-corrected chi connectivity index (χ2v) is 5.88. The molecule has 24 heavy (non-hydrogen) atoms. The van der Waals surface area contributed by atoms with Crippen molar-refractivity contribution in [2.45, 2.75) is 25.9 Å². The lowest BCUT2D eigenvalue weighted by molar-refractivity contribution is -0.126. The van der Waals surface area contributed by atoms with Crippen LogP contribution in [-0.4, -0.2) is 25.7 Å². The molecule has 0 radical (unpaired) electrons. The van der Waals surface area contributed by atoms with Gasteiger partial charge in [-0.05, 0) is 36.2 Å². The number of hydrogen-bond acceptors (Lipinski definition) is 4. The van der Waals surface area contributed by atoms with Crippen LogP contribution in [0.25, 0.3) is 0 Å². The smallest absolute Gasteiger partial charge is 0.268 e. The molecule has 0 fully saturated rings. The average Bonchev–Trinajstić information content (AvgIpc) is 2.59. The second-order valence-electron chi connectivity index (χ2n) is 5.88. The first-order valence-corrected chi connectivity index (χ1v) is 8.13. The van der Waals surface area contributed by atoms with Gasteiger partial charge in [0.2, 0.25) is 0 Å². The van der Waals surface area contributed by atoms with Gasteiger partial charge < -0.3 is 20.1 Å². The van der Waals surface area contributed by atoms with E-state index in [0.717, 1.165) is 23.4 Å². The van der Waals surface area contributed by atoms with Crippen molar-refractivity contribution in [1.82, 2.24) is 0 Å². The van der Waals surface area contributed by atoms with Gasteiger partial charge in [0.25, 0.3) is 5.91 Å². The predicted octanol–water partition coefficient (Wildman–Crippen LogP) is 3.02. The van der Waals surface area contributed by atoms with Crippen molar-refractivity contribution >= 4 is 17.3 Å². The number of carbonyl (C=O) groups excluding carboxylic acids is 1. The molecule has 0 saturated carbocycles. The lowest BCUT2D eigenvalue weighted by Gasteiger charge is -2.34. The van der Waals surface area contributed by atoms with Crippen LogP contribution in [0.1, 0.15) is 18.9 Å². The number of nitrogen functional groups attached to an aromatic ring is 1. The standard InChI is InChI=1S/C19H22N2O3/c1-3-10-21-16-9-6-14(20)12-17(16)24-18(19(21)22)11-13-4-7-15(23-2)8-5-13/h4-9,12,18H,3,10-11,20H2,1-2H3. The molecule has 0 spiro atoms. The molecule has 5 heteroatoms. The van der Waals surface area contributed by atoms with Gasteiger partial charge in [-0.3, -0.25) is 4.79 Å². The van der Waals surface area contributed by atoms with E-state index in [1.54, 1.807) is 24.1 Å². The van der Waals surface area contributed by atoms with Gasteiger partial charge in [0, 0.05) is 24.7 Å². The van der Waals surface area contributed by atoms with Crippen LogP contribution in [-0.2, 0) is 11.2 Å². The lowest BCUT2D eigenvalue weighted by Crippen LogP contribution is -2.47. The Balaban J connectivity index is 1.87. The van der Waals surface area contributed by atoms with Crippen LogP contribution >= 0.6 is 0 Å². The zero-order valence-corrected chi connectivity index (χ0v) is 14.0. The van der Waals surface area contributed by atoms with Crippen LogP contribution in [0, 0.1) is 0 Å². The molecule has 2 aromatic rings. The van der Waals surface area contributed by atoms with Crippen LogP contribution in [0.2, 0.25) is 0 Å². The first-order valence-electron chi connectivity index (χ1n) is 8.13. The van der Waals surface area contributed by atoms with Crippen LogP contribution in [0.4, 0.5) is 11.4 Å². The van der Waals surface area contributed by atoms with Gasteiger partial charge in [-0.25, -0.2) is 0 Å². The summed E-state index contributed by atoms with van der Waals surface area (Å²) in [5.41, 5.74) is 8.32. The highest BCUT2D eigenvalue weighted by molar-refractivity contribution is 6.00. The molecular weight excluding hydrogens is 304 g/mol. The van der Waals surface area contributed by atoms with Crippen molar-refractivity contribution in [2.75, 3.05) is 24.3 Å². The molecule has 1 amide bonds. The van der Waals surface area contributed by atoms with Crippen LogP contribution in [0.15, 0.2) is 42.5 Å². The normalized spacial score (nSPS) is 16.5. The Kier molecular flexibility index (Phi) is 4.60. The summed E-state index contributed by atoms with van der Waals surface area (Å²) < 4.78 is 11.1. The first-order chi connectivity index (χ1) is 11.6.